The Kier molecular flexibility index (Phi) is 3.50. The standard InChI is InChI=1S/C9H11N3O/c1-10-11-7-9(13)12-8-5-3-2-4-6-8/h2-7,10H,1H3,(H,12,13)/b11-7+. The molecule has 0 bridgehead atoms. The summed E-state index contributed by atoms with van der Waals surface area (Å²) < 4.78 is 0. The molecule has 0 aliphatic rings. The highest BCUT2D eigenvalue weighted by Crippen LogP contribution is 2.03. The molecule has 0 aromatic heterocycles. The van der Waals surface area contributed by atoms with Gasteiger partial charge in [-0.05, 0) is 12.1 Å². The molecule has 0 unspecified atom stereocenters. The normalized spacial score (nSPS) is 9.92. The predicted octanol–water partition coefficient (Wildman–Crippen LogP) is 0.830. The van der Waals surface area contributed by atoms with Crippen LogP contribution < -0.4 is 10.7 Å². The van der Waals surface area contributed by atoms with Crippen molar-refractivity contribution in [2.45, 2.75) is 0 Å². The fourth-order valence-electron chi connectivity index (χ4n) is 0.819. The molecule has 0 heterocycles. The van der Waals surface area contributed by atoms with E-state index in [0.717, 1.165) is 5.69 Å². The van der Waals surface area contributed by atoms with Crippen molar-refractivity contribution in [2.75, 3.05) is 12.4 Å². The van der Waals surface area contributed by atoms with Gasteiger partial charge in [-0.3, -0.25) is 4.79 Å². The fraction of sp³-hybridized carbons (Fsp3) is 0.111. The Labute approximate surface area is 76.7 Å². The third-order valence-electron chi connectivity index (χ3n) is 1.35. The number of rotatable bonds is 3. The van der Waals surface area contributed by atoms with Crippen LogP contribution in [0.4, 0.5) is 5.69 Å². The Morgan fingerprint density at radius 1 is 1.38 bits per heavy atom. The van der Waals surface area contributed by atoms with Gasteiger partial charge in [-0.15, -0.1) is 0 Å². The largest absolute Gasteiger partial charge is 0.321 e. The Hall–Kier alpha value is -1.84. The maximum absolute atomic E-state index is 11.1. The van der Waals surface area contributed by atoms with Gasteiger partial charge in [-0.1, -0.05) is 18.2 Å². The summed E-state index contributed by atoms with van der Waals surface area (Å²) in [6.07, 6.45) is 1.19. The average molecular weight is 177 g/mol. The van der Waals surface area contributed by atoms with Crippen molar-refractivity contribution in [3.05, 3.63) is 30.3 Å². The van der Waals surface area contributed by atoms with Gasteiger partial charge in [0.2, 0.25) is 0 Å². The maximum atomic E-state index is 11.1. The molecule has 68 valence electrons. The van der Waals surface area contributed by atoms with Crippen LogP contribution in [0.1, 0.15) is 0 Å². The molecule has 0 radical (unpaired) electrons. The van der Waals surface area contributed by atoms with Gasteiger partial charge in [-0.2, -0.15) is 5.10 Å². The number of amides is 1. The zero-order chi connectivity index (χ0) is 9.52. The number of nitrogens with one attached hydrogen (secondary N) is 2. The van der Waals surface area contributed by atoms with Gasteiger partial charge in [-0.25, -0.2) is 0 Å². The van der Waals surface area contributed by atoms with E-state index in [4.69, 9.17) is 0 Å². The average Bonchev–Trinajstić information content (AvgIpc) is 2.16. The van der Waals surface area contributed by atoms with E-state index in [1.807, 2.05) is 30.3 Å². The topological polar surface area (TPSA) is 53.5 Å². The second kappa shape index (κ2) is 4.92. The van der Waals surface area contributed by atoms with Crippen LogP contribution in [0.3, 0.4) is 0 Å². The molecule has 0 saturated heterocycles. The van der Waals surface area contributed by atoms with Crippen molar-refractivity contribution >= 4 is 17.8 Å². The molecule has 0 aliphatic carbocycles. The minimum atomic E-state index is -0.249. The minimum Gasteiger partial charge on any atom is -0.321 e. The number of carbonyl (C=O) groups excluding carboxylic acids is 1. The van der Waals surface area contributed by atoms with Crippen molar-refractivity contribution < 1.29 is 4.79 Å². The van der Waals surface area contributed by atoms with Gasteiger partial charge < -0.3 is 10.7 Å². The Balaban J connectivity index is 2.50. The van der Waals surface area contributed by atoms with E-state index in [2.05, 4.69) is 15.8 Å². The quantitative estimate of drug-likeness (QED) is 0.530. The molecule has 0 spiro atoms. The Morgan fingerprint density at radius 3 is 2.69 bits per heavy atom. The molecule has 4 nitrogen and oxygen atoms in total. The fourth-order valence-corrected chi connectivity index (χ4v) is 0.819. The van der Waals surface area contributed by atoms with Gasteiger partial charge in [0.1, 0.15) is 6.21 Å². The second-order valence-electron chi connectivity index (χ2n) is 2.34. The van der Waals surface area contributed by atoms with E-state index in [1.165, 1.54) is 6.21 Å². The van der Waals surface area contributed by atoms with Crippen LogP contribution in [0.5, 0.6) is 0 Å². The highest BCUT2D eigenvalue weighted by molar-refractivity contribution is 6.31. The third kappa shape index (κ3) is 3.37. The van der Waals surface area contributed by atoms with Crippen molar-refractivity contribution in [2.24, 2.45) is 5.10 Å². The lowest BCUT2D eigenvalue weighted by molar-refractivity contribution is -0.110. The molecule has 1 aromatic carbocycles. The summed E-state index contributed by atoms with van der Waals surface area (Å²) in [6, 6.07) is 9.21. The van der Waals surface area contributed by atoms with E-state index < -0.39 is 0 Å². The van der Waals surface area contributed by atoms with Crippen LogP contribution in [0.2, 0.25) is 0 Å². The number of anilines is 1. The van der Waals surface area contributed by atoms with E-state index in [9.17, 15) is 4.79 Å². The summed E-state index contributed by atoms with van der Waals surface area (Å²) in [5.41, 5.74) is 3.25. The van der Waals surface area contributed by atoms with Crippen LogP contribution in [-0.2, 0) is 4.79 Å². The van der Waals surface area contributed by atoms with Crippen LogP contribution in [0.15, 0.2) is 35.4 Å². The third-order valence-corrected chi connectivity index (χ3v) is 1.35. The van der Waals surface area contributed by atoms with Gasteiger partial charge >= 0.3 is 0 Å². The number of para-hydroxylation sites is 1. The smallest absolute Gasteiger partial charge is 0.268 e. The predicted molar refractivity (Wildman–Crippen MR) is 52.6 cm³/mol. The number of hydrazone groups is 1. The molecule has 13 heavy (non-hydrogen) atoms. The number of hydrogen-bond acceptors (Lipinski definition) is 3. The zero-order valence-corrected chi connectivity index (χ0v) is 7.32. The first-order chi connectivity index (χ1) is 6.33. The molecular formula is C9H11N3O. The Morgan fingerprint density at radius 2 is 2.08 bits per heavy atom. The molecule has 2 N–H and O–H groups in total. The van der Waals surface area contributed by atoms with Crippen LogP contribution in [0, 0.1) is 0 Å². The lowest BCUT2D eigenvalue weighted by Crippen LogP contribution is -2.14. The number of nitrogens with zero attached hydrogens (tertiary/aromatic N) is 1. The molecule has 0 saturated carbocycles. The van der Waals surface area contributed by atoms with Gasteiger partial charge in [0.05, 0.1) is 0 Å². The van der Waals surface area contributed by atoms with Gasteiger partial charge in [0.15, 0.2) is 0 Å². The summed E-state index contributed by atoms with van der Waals surface area (Å²) >= 11 is 0. The lowest BCUT2D eigenvalue weighted by atomic mass is 10.3. The summed E-state index contributed by atoms with van der Waals surface area (Å²) in [7, 11) is 1.63. The highest BCUT2D eigenvalue weighted by atomic mass is 16.1. The first-order valence-electron chi connectivity index (χ1n) is 3.89. The van der Waals surface area contributed by atoms with Crippen molar-refractivity contribution in [1.29, 1.82) is 0 Å². The zero-order valence-electron chi connectivity index (χ0n) is 7.32. The van der Waals surface area contributed by atoms with Crippen molar-refractivity contribution in [3.63, 3.8) is 0 Å². The lowest BCUT2D eigenvalue weighted by Gasteiger charge is -1.99. The first-order valence-corrected chi connectivity index (χ1v) is 3.89. The molecular weight excluding hydrogens is 166 g/mol. The molecule has 1 amide bonds. The van der Waals surface area contributed by atoms with E-state index >= 15 is 0 Å². The first kappa shape index (κ1) is 9.25. The second-order valence-corrected chi connectivity index (χ2v) is 2.34. The maximum Gasteiger partial charge on any atom is 0.268 e. The molecule has 0 fully saturated rings. The van der Waals surface area contributed by atoms with Crippen LogP contribution in [-0.4, -0.2) is 19.2 Å². The highest BCUT2D eigenvalue weighted by Gasteiger charge is 1.95. The van der Waals surface area contributed by atoms with Crippen LogP contribution in [0.25, 0.3) is 0 Å². The van der Waals surface area contributed by atoms with E-state index in [0.29, 0.717) is 0 Å². The molecule has 1 aromatic rings. The summed E-state index contributed by atoms with van der Waals surface area (Å²) in [4.78, 5) is 11.1. The van der Waals surface area contributed by atoms with Crippen LogP contribution >= 0.6 is 0 Å². The number of hydrogen-bond donors (Lipinski definition) is 2. The van der Waals surface area contributed by atoms with E-state index in [1.54, 1.807) is 7.05 Å². The number of carbonyl (C=O) groups is 1. The van der Waals surface area contributed by atoms with Crippen molar-refractivity contribution in [1.82, 2.24) is 5.43 Å². The molecule has 4 heteroatoms. The molecule has 0 aliphatic heterocycles. The SMILES string of the molecule is CN/N=C/C(=O)Nc1ccccc1. The molecule has 1 rings (SSSR count). The minimum absolute atomic E-state index is 0.249. The monoisotopic (exact) mass is 177 g/mol. The number of benzene rings is 1. The van der Waals surface area contributed by atoms with Gasteiger partial charge in [0, 0.05) is 12.7 Å². The summed E-state index contributed by atoms with van der Waals surface area (Å²) in [6.45, 7) is 0. The summed E-state index contributed by atoms with van der Waals surface area (Å²) in [5, 5.41) is 6.23. The summed E-state index contributed by atoms with van der Waals surface area (Å²) in [5.74, 6) is -0.249. The molecule has 0 atom stereocenters. The Bertz CT molecular complexity index is 295. The van der Waals surface area contributed by atoms with Gasteiger partial charge in [0.25, 0.3) is 5.91 Å². The van der Waals surface area contributed by atoms with Crippen molar-refractivity contribution in [3.8, 4) is 0 Å². The van der Waals surface area contributed by atoms with E-state index in [-0.39, 0.29) is 5.91 Å².